The lowest BCUT2D eigenvalue weighted by Gasteiger charge is -2.21. The molecule has 2 rings (SSSR count). The van der Waals surface area contributed by atoms with Crippen molar-refractivity contribution in [3.63, 3.8) is 0 Å². The Kier molecular flexibility index (Phi) is 2.37. The average Bonchev–Trinajstić information content (AvgIpc) is 2.20. The molecule has 1 aliphatic heterocycles. The predicted molar refractivity (Wildman–Crippen MR) is 46.0 cm³/mol. The second kappa shape index (κ2) is 3.68. The Morgan fingerprint density at radius 1 is 1.23 bits per heavy atom. The number of anilines is 1. The number of nitrogen functional groups attached to an aromatic ring is 1. The van der Waals surface area contributed by atoms with Crippen LogP contribution in [0.3, 0.4) is 0 Å². The van der Waals surface area contributed by atoms with Gasteiger partial charge in [0, 0.05) is 18.3 Å². The number of aromatic nitrogens is 2. The Balaban J connectivity index is 2.10. The summed E-state index contributed by atoms with van der Waals surface area (Å²) in [5.41, 5.74) is 6.38. The number of ether oxygens (including phenoxy) is 2. The highest BCUT2D eigenvalue weighted by Gasteiger charge is 2.16. The smallest absolute Gasteiger partial charge is 0.219 e. The van der Waals surface area contributed by atoms with Crippen molar-refractivity contribution in [2.75, 3.05) is 25.7 Å². The van der Waals surface area contributed by atoms with E-state index >= 15 is 0 Å². The van der Waals surface area contributed by atoms with E-state index in [4.69, 9.17) is 15.2 Å². The molecule has 0 unspecified atom stereocenters. The topological polar surface area (TPSA) is 70.3 Å². The zero-order valence-electron chi connectivity index (χ0n) is 7.14. The van der Waals surface area contributed by atoms with Gasteiger partial charge in [-0.1, -0.05) is 0 Å². The quantitative estimate of drug-likeness (QED) is 0.667. The second-order valence-electron chi connectivity index (χ2n) is 2.93. The van der Waals surface area contributed by atoms with Crippen LogP contribution in [0.15, 0.2) is 12.4 Å². The minimum Gasteiger partial charge on any atom is -0.368 e. The first kappa shape index (κ1) is 8.40. The molecule has 70 valence electrons. The molecule has 1 aliphatic rings. The molecule has 0 aliphatic carbocycles. The molecule has 5 heteroatoms. The number of hydrogen-bond donors (Lipinski definition) is 1. The average molecular weight is 181 g/mol. The summed E-state index contributed by atoms with van der Waals surface area (Å²) in [6.45, 7) is 1.70. The van der Waals surface area contributed by atoms with Gasteiger partial charge in [-0.2, -0.15) is 0 Å². The van der Waals surface area contributed by atoms with E-state index in [0.29, 0.717) is 26.0 Å². The summed E-state index contributed by atoms with van der Waals surface area (Å²) in [7, 11) is 0. The van der Waals surface area contributed by atoms with Gasteiger partial charge in [-0.25, -0.2) is 9.97 Å². The van der Waals surface area contributed by atoms with E-state index in [1.807, 2.05) is 0 Å². The van der Waals surface area contributed by atoms with E-state index in [2.05, 4.69) is 9.97 Å². The number of nitrogens with two attached hydrogens (primary N) is 1. The van der Waals surface area contributed by atoms with Crippen LogP contribution in [-0.4, -0.2) is 30.0 Å². The monoisotopic (exact) mass is 181 g/mol. The van der Waals surface area contributed by atoms with Crippen molar-refractivity contribution in [1.82, 2.24) is 9.97 Å². The van der Waals surface area contributed by atoms with Gasteiger partial charge in [-0.3, -0.25) is 0 Å². The van der Waals surface area contributed by atoms with Gasteiger partial charge in [0.1, 0.15) is 6.79 Å². The third-order valence-corrected chi connectivity index (χ3v) is 1.97. The van der Waals surface area contributed by atoms with E-state index < -0.39 is 0 Å². The molecule has 1 aromatic rings. The third kappa shape index (κ3) is 1.93. The summed E-state index contributed by atoms with van der Waals surface area (Å²) in [6, 6.07) is 0. The summed E-state index contributed by atoms with van der Waals surface area (Å²) in [5.74, 6) is 0.524. The highest BCUT2D eigenvalue weighted by atomic mass is 16.7. The lowest BCUT2D eigenvalue weighted by Crippen LogP contribution is -2.22. The summed E-state index contributed by atoms with van der Waals surface area (Å²) in [6.07, 6.45) is 3.43. The summed E-state index contributed by atoms with van der Waals surface area (Å²) in [5, 5.41) is 0. The molecule has 1 aromatic heterocycles. The summed E-state index contributed by atoms with van der Waals surface area (Å²) >= 11 is 0. The van der Waals surface area contributed by atoms with Crippen LogP contribution >= 0.6 is 0 Å². The van der Waals surface area contributed by atoms with Crippen LogP contribution in [0, 0.1) is 0 Å². The van der Waals surface area contributed by atoms with E-state index in [9.17, 15) is 0 Å². The van der Waals surface area contributed by atoms with Gasteiger partial charge in [-0.15, -0.1) is 0 Å². The zero-order chi connectivity index (χ0) is 9.10. The Bertz CT molecular complexity index is 269. The Morgan fingerprint density at radius 3 is 2.46 bits per heavy atom. The maximum atomic E-state index is 5.37. The fourth-order valence-electron chi connectivity index (χ4n) is 1.24. The maximum absolute atomic E-state index is 5.37. The molecule has 0 atom stereocenters. The summed E-state index contributed by atoms with van der Waals surface area (Å²) in [4.78, 5) is 7.82. The van der Waals surface area contributed by atoms with Gasteiger partial charge < -0.3 is 15.2 Å². The Labute approximate surface area is 75.9 Å². The van der Waals surface area contributed by atoms with Crippen molar-refractivity contribution in [2.24, 2.45) is 0 Å². The predicted octanol–water partition coefficient (Wildman–Crippen LogP) is 0.147. The SMILES string of the molecule is Nc1ncc(C2COCOC2)cn1. The summed E-state index contributed by atoms with van der Waals surface area (Å²) < 4.78 is 10.3. The highest BCUT2D eigenvalue weighted by Crippen LogP contribution is 2.18. The van der Waals surface area contributed by atoms with E-state index in [1.165, 1.54) is 0 Å². The fourth-order valence-corrected chi connectivity index (χ4v) is 1.24. The van der Waals surface area contributed by atoms with Gasteiger partial charge in [-0.05, 0) is 5.56 Å². The molecule has 0 radical (unpaired) electrons. The molecule has 0 amide bonds. The molecule has 0 bridgehead atoms. The van der Waals surface area contributed by atoms with Crippen molar-refractivity contribution >= 4 is 5.95 Å². The van der Waals surface area contributed by atoms with Crippen molar-refractivity contribution in [1.29, 1.82) is 0 Å². The molecule has 1 fully saturated rings. The molecule has 13 heavy (non-hydrogen) atoms. The maximum Gasteiger partial charge on any atom is 0.219 e. The lowest BCUT2D eigenvalue weighted by atomic mass is 10.0. The van der Waals surface area contributed by atoms with E-state index in [1.54, 1.807) is 12.4 Å². The largest absolute Gasteiger partial charge is 0.368 e. The first-order valence-corrected chi connectivity index (χ1v) is 4.09. The standard InChI is InChI=1S/C8H11N3O2/c9-8-10-1-6(2-11-8)7-3-12-5-13-4-7/h1-2,7H,3-5H2,(H2,9,10,11). The molecule has 2 N–H and O–H groups in total. The second-order valence-corrected chi connectivity index (χ2v) is 2.93. The molecular formula is C8H11N3O2. The van der Waals surface area contributed by atoms with Crippen molar-refractivity contribution in [2.45, 2.75) is 5.92 Å². The fraction of sp³-hybridized carbons (Fsp3) is 0.500. The number of nitrogens with zero attached hydrogens (tertiary/aromatic N) is 2. The first-order valence-electron chi connectivity index (χ1n) is 4.09. The van der Waals surface area contributed by atoms with Gasteiger partial charge in [0.25, 0.3) is 0 Å². The zero-order valence-corrected chi connectivity index (χ0v) is 7.14. The third-order valence-electron chi connectivity index (χ3n) is 1.97. The van der Waals surface area contributed by atoms with Crippen LogP contribution < -0.4 is 5.73 Å². The van der Waals surface area contributed by atoms with E-state index in [0.717, 1.165) is 5.56 Å². The van der Waals surface area contributed by atoms with Crippen LogP contribution in [0.5, 0.6) is 0 Å². The molecule has 0 saturated carbocycles. The lowest BCUT2D eigenvalue weighted by molar-refractivity contribution is -0.108. The minimum absolute atomic E-state index is 0.231. The van der Waals surface area contributed by atoms with Crippen LogP contribution in [0.4, 0.5) is 5.95 Å². The van der Waals surface area contributed by atoms with Crippen molar-refractivity contribution in [3.05, 3.63) is 18.0 Å². The molecule has 5 nitrogen and oxygen atoms in total. The van der Waals surface area contributed by atoms with Crippen LogP contribution in [0.25, 0.3) is 0 Å². The molecular weight excluding hydrogens is 170 g/mol. The minimum atomic E-state index is 0.231. The van der Waals surface area contributed by atoms with Gasteiger partial charge in [0.15, 0.2) is 0 Å². The van der Waals surface area contributed by atoms with Gasteiger partial charge in [0.2, 0.25) is 5.95 Å². The normalized spacial score (nSPS) is 18.8. The Hall–Kier alpha value is -1.20. The number of hydrogen-bond acceptors (Lipinski definition) is 5. The Morgan fingerprint density at radius 2 is 1.85 bits per heavy atom. The van der Waals surface area contributed by atoms with Gasteiger partial charge >= 0.3 is 0 Å². The van der Waals surface area contributed by atoms with Crippen LogP contribution in [-0.2, 0) is 9.47 Å². The molecule has 2 heterocycles. The van der Waals surface area contributed by atoms with E-state index in [-0.39, 0.29) is 5.92 Å². The van der Waals surface area contributed by atoms with Crippen molar-refractivity contribution < 1.29 is 9.47 Å². The van der Waals surface area contributed by atoms with Crippen molar-refractivity contribution in [3.8, 4) is 0 Å². The number of rotatable bonds is 1. The molecule has 0 aromatic carbocycles. The van der Waals surface area contributed by atoms with Crippen LogP contribution in [0.2, 0.25) is 0 Å². The van der Waals surface area contributed by atoms with Crippen LogP contribution in [0.1, 0.15) is 11.5 Å². The first-order chi connectivity index (χ1) is 6.36. The molecule has 0 spiro atoms. The van der Waals surface area contributed by atoms with Gasteiger partial charge in [0.05, 0.1) is 13.2 Å². The molecule has 1 saturated heterocycles. The highest BCUT2D eigenvalue weighted by molar-refractivity contribution is 5.20.